The topological polar surface area (TPSA) is 103 Å². The first-order valence-corrected chi connectivity index (χ1v) is 9.17. The second-order valence-corrected chi connectivity index (χ2v) is 6.87. The second-order valence-electron chi connectivity index (χ2n) is 6.87. The summed E-state index contributed by atoms with van der Waals surface area (Å²) in [6.07, 6.45) is 2.52. The van der Waals surface area contributed by atoms with E-state index in [2.05, 4.69) is 20.6 Å². The third-order valence-corrected chi connectivity index (χ3v) is 5.21. The summed E-state index contributed by atoms with van der Waals surface area (Å²) >= 11 is 0. The number of amides is 1. The summed E-state index contributed by atoms with van der Waals surface area (Å²) in [5, 5.41) is 15.8. The van der Waals surface area contributed by atoms with Crippen LogP contribution in [-0.2, 0) is 20.0 Å². The minimum atomic E-state index is -0.0744. The van der Waals surface area contributed by atoms with Crippen molar-refractivity contribution in [1.82, 2.24) is 39.3 Å². The van der Waals surface area contributed by atoms with Crippen molar-refractivity contribution in [2.75, 3.05) is 13.1 Å². The van der Waals surface area contributed by atoms with Gasteiger partial charge in [0.05, 0.1) is 0 Å². The predicted octanol–water partition coefficient (Wildman–Crippen LogP) is 0.134. The molecule has 3 aromatic rings. The van der Waals surface area contributed by atoms with Gasteiger partial charge in [0.2, 0.25) is 0 Å². The van der Waals surface area contributed by atoms with Gasteiger partial charge < -0.3 is 4.90 Å². The molecule has 4 heterocycles. The number of aryl methyl sites for hydroxylation is 1. The van der Waals surface area contributed by atoms with Crippen LogP contribution in [0.15, 0.2) is 23.0 Å². The summed E-state index contributed by atoms with van der Waals surface area (Å²) in [6, 6.07) is 5.30. The number of pyridine rings is 1. The van der Waals surface area contributed by atoms with Gasteiger partial charge in [-0.25, -0.2) is 9.48 Å². The van der Waals surface area contributed by atoms with Gasteiger partial charge in [-0.05, 0) is 48.2 Å². The maximum absolute atomic E-state index is 12.9. The zero-order chi connectivity index (χ0) is 19.0. The lowest BCUT2D eigenvalue weighted by atomic mass is 9.93. The largest absolute Gasteiger partial charge is 0.345 e. The van der Waals surface area contributed by atoms with Crippen molar-refractivity contribution < 1.29 is 4.79 Å². The van der Waals surface area contributed by atoms with Crippen LogP contribution >= 0.6 is 0 Å². The summed E-state index contributed by atoms with van der Waals surface area (Å²) in [5.74, 6) is 1.17. The van der Waals surface area contributed by atoms with Gasteiger partial charge in [-0.2, -0.15) is 9.61 Å². The first-order valence-electron chi connectivity index (χ1n) is 9.17. The Bertz CT molecular complexity index is 1030. The quantitative estimate of drug-likeness (QED) is 0.647. The number of carbonyl (C=O) groups is 1. The Morgan fingerprint density at radius 2 is 2.04 bits per heavy atom. The highest BCUT2D eigenvalue weighted by atomic mass is 16.2. The summed E-state index contributed by atoms with van der Waals surface area (Å²) < 4.78 is 4.59. The summed E-state index contributed by atoms with van der Waals surface area (Å²) in [4.78, 5) is 26.8. The van der Waals surface area contributed by atoms with E-state index in [0.717, 1.165) is 25.1 Å². The molecule has 3 aromatic heterocycles. The minimum absolute atomic E-state index is 0.0605. The molecule has 1 amide bonds. The van der Waals surface area contributed by atoms with Crippen LogP contribution in [0.2, 0.25) is 0 Å². The summed E-state index contributed by atoms with van der Waals surface area (Å²) in [5.41, 5.74) is 0.957. The molecule has 10 nitrogen and oxygen atoms in total. The number of hydrogen-bond donors (Lipinski definition) is 0. The van der Waals surface area contributed by atoms with Crippen LogP contribution in [0.5, 0.6) is 0 Å². The number of carbonyl (C=O) groups excluding carboxylic acids is 1. The van der Waals surface area contributed by atoms with Crippen LogP contribution in [0.4, 0.5) is 0 Å². The van der Waals surface area contributed by atoms with Crippen molar-refractivity contribution in [2.45, 2.75) is 32.7 Å². The van der Waals surface area contributed by atoms with E-state index in [0.29, 0.717) is 36.9 Å². The number of likely N-dealkylation sites (tertiary alicyclic amines) is 1. The van der Waals surface area contributed by atoms with Gasteiger partial charge in [-0.3, -0.25) is 9.36 Å². The fraction of sp³-hybridized carbons (Fsp3) is 0.529. The Kier molecular flexibility index (Phi) is 4.46. The van der Waals surface area contributed by atoms with Crippen molar-refractivity contribution in [3.05, 3.63) is 40.2 Å². The van der Waals surface area contributed by atoms with Crippen LogP contribution in [-0.4, -0.2) is 58.3 Å². The molecule has 142 valence electrons. The van der Waals surface area contributed by atoms with Gasteiger partial charge in [0.1, 0.15) is 11.5 Å². The number of tetrazole rings is 1. The Hall–Kier alpha value is -3.04. The van der Waals surface area contributed by atoms with E-state index in [-0.39, 0.29) is 11.6 Å². The normalized spacial score (nSPS) is 15.6. The van der Waals surface area contributed by atoms with E-state index in [1.165, 1.54) is 9.20 Å². The summed E-state index contributed by atoms with van der Waals surface area (Å²) in [7, 11) is 1.68. The van der Waals surface area contributed by atoms with Gasteiger partial charge in [0.25, 0.3) is 5.91 Å². The molecular weight excluding hydrogens is 348 g/mol. The monoisotopic (exact) mass is 370 g/mol. The first kappa shape index (κ1) is 17.4. The molecule has 0 bridgehead atoms. The number of rotatable bonds is 4. The van der Waals surface area contributed by atoms with Crippen molar-refractivity contribution in [3.63, 3.8) is 0 Å². The number of fused-ring (bicyclic) bond motifs is 1. The Labute approximate surface area is 155 Å². The Morgan fingerprint density at radius 3 is 2.78 bits per heavy atom. The second kappa shape index (κ2) is 6.93. The van der Waals surface area contributed by atoms with Gasteiger partial charge in [0, 0.05) is 33.1 Å². The standard InChI is InChI=1S/C17H22N8O2/c1-3-24-15(19-22(2)17(24)27)11-12-7-9-23(10-8-12)16(26)13-5-4-6-14-18-20-21-25(13)14/h4-6,12H,3,7-11H2,1-2H3. The van der Waals surface area contributed by atoms with Crippen molar-refractivity contribution >= 4 is 11.6 Å². The lowest BCUT2D eigenvalue weighted by Crippen LogP contribution is -2.40. The fourth-order valence-corrected chi connectivity index (χ4v) is 3.71. The van der Waals surface area contributed by atoms with E-state index in [1.807, 2.05) is 11.8 Å². The zero-order valence-electron chi connectivity index (χ0n) is 15.4. The molecule has 27 heavy (non-hydrogen) atoms. The average molecular weight is 370 g/mol. The number of aromatic nitrogens is 7. The number of piperidine rings is 1. The molecule has 1 aliphatic heterocycles. The molecule has 1 fully saturated rings. The van der Waals surface area contributed by atoms with Gasteiger partial charge in [0.15, 0.2) is 5.65 Å². The molecule has 1 aliphatic rings. The van der Waals surface area contributed by atoms with Gasteiger partial charge >= 0.3 is 5.69 Å². The Balaban J connectivity index is 1.43. The molecule has 0 aliphatic carbocycles. The minimum Gasteiger partial charge on any atom is -0.337 e. The third kappa shape index (κ3) is 3.11. The lowest BCUT2D eigenvalue weighted by molar-refractivity contribution is 0.0680. The average Bonchev–Trinajstić information content (AvgIpc) is 3.26. The van der Waals surface area contributed by atoms with Crippen LogP contribution in [0, 0.1) is 5.92 Å². The van der Waals surface area contributed by atoms with E-state index >= 15 is 0 Å². The van der Waals surface area contributed by atoms with E-state index < -0.39 is 0 Å². The van der Waals surface area contributed by atoms with Crippen LogP contribution in [0.3, 0.4) is 0 Å². The first-order chi connectivity index (χ1) is 13.1. The Morgan fingerprint density at radius 1 is 1.26 bits per heavy atom. The van der Waals surface area contributed by atoms with Gasteiger partial charge in [-0.15, -0.1) is 5.10 Å². The maximum atomic E-state index is 12.9. The van der Waals surface area contributed by atoms with Crippen molar-refractivity contribution in [2.24, 2.45) is 13.0 Å². The molecule has 0 saturated carbocycles. The maximum Gasteiger partial charge on any atom is 0.345 e. The molecular formula is C17H22N8O2. The molecule has 10 heteroatoms. The molecule has 1 saturated heterocycles. The third-order valence-electron chi connectivity index (χ3n) is 5.21. The SMILES string of the molecule is CCn1c(CC2CCN(C(=O)c3cccc4nnnn34)CC2)nn(C)c1=O. The van der Waals surface area contributed by atoms with E-state index in [9.17, 15) is 9.59 Å². The zero-order valence-corrected chi connectivity index (χ0v) is 15.4. The molecule has 4 rings (SSSR count). The smallest absolute Gasteiger partial charge is 0.337 e. The number of nitrogens with zero attached hydrogens (tertiary/aromatic N) is 8. The predicted molar refractivity (Wildman–Crippen MR) is 96.3 cm³/mol. The lowest BCUT2D eigenvalue weighted by Gasteiger charge is -2.31. The summed E-state index contributed by atoms with van der Waals surface area (Å²) in [6.45, 7) is 3.92. The number of hydrogen-bond acceptors (Lipinski definition) is 6. The van der Waals surface area contributed by atoms with Crippen LogP contribution in [0.25, 0.3) is 5.65 Å². The highest BCUT2D eigenvalue weighted by Crippen LogP contribution is 2.22. The molecule has 0 unspecified atom stereocenters. The fourth-order valence-electron chi connectivity index (χ4n) is 3.71. The highest BCUT2D eigenvalue weighted by Gasteiger charge is 2.27. The van der Waals surface area contributed by atoms with E-state index in [1.54, 1.807) is 29.8 Å². The molecule has 0 aromatic carbocycles. The van der Waals surface area contributed by atoms with Crippen molar-refractivity contribution in [3.8, 4) is 0 Å². The highest BCUT2D eigenvalue weighted by molar-refractivity contribution is 5.93. The van der Waals surface area contributed by atoms with Crippen LogP contribution < -0.4 is 5.69 Å². The molecule has 0 spiro atoms. The molecule has 0 N–H and O–H groups in total. The van der Waals surface area contributed by atoms with Crippen LogP contribution in [0.1, 0.15) is 36.1 Å². The molecule has 0 radical (unpaired) electrons. The van der Waals surface area contributed by atoms with Gasteiger partial charge in [-0.1, -0.05) is 6.07 Å². The van der Waals surface area contributed by atoms with E-state index in [4.69, 9.17) is 0 Å². The molecule has 0 atom stereocenters. The van der Waals surface area contributed by atoms with Crippen molar-refractivity contribution in [1.29, 1.82) is 0 Å².